The van der Waals surface area contributed by atoms with E-state index in [0.29, 0.717) is 35.4 Å². The van der Waals surface area contributed by atoms with Crippen LogP contribution in [0.25, 0.3) is 15.7 Å². The van der Waals surface area contributed by atoms with E-state index in [1.54, 1.807) is 29.3 Å². The van der Waals surface area contributed by atoms with Gasteiger partial charge in [0.25, 0.3) is 12.5 Å². The summed E-state index contributed by atoms with van der Waals surface area (Å²) in [5.41, 5.74) is 6.33. The number of carbonyl (C=O) groups is 2. The molecule has 8 heteroatoms. The lowest BCUT2D eigenvalue weighted by Gasteiger charge is -2.19. The molecule has 8 nitrogen and oxygen atoms in total. The highest BCUT2D eigenvalue weighted by atomic mass is 16.5. The van der Waals surface area contributed by atoms with Crippen molar-refractivity contribution in [3.05, 3.63) is 41.4 Å². The molecule has 0 bridgehead atoms. The standard InChI is InChI=1S/C21H24N4O4/c1-12(2)28-19-9-15-17(8-16(19)21(22)27)24-6-5-18(15)29-14-7-13(3)25(11-14)20(26)10-23-4/h5-6,8-9,12-14H,7,10-11H2,1-3H3,(H2,22,27)/t13-,14-/m1/s1. The van der Waals surface area contributed by atoms with Gasteiger partial charge in [0.1, 0.15) is 17.6 Å². The van der Waals surface area contributed by atoms with Crippen molar-refractivity contribution < 1.29 is 19.1 Å². The maximum Gasteiger partial charge on any atom is 0.303 e. The van der Waals surface area contributed by atoms with Gasteiger partial charge >= 0.3 is 5.91 Å². The van der Waals surface area contributed by atoms with E-state index in [9.17, 15) is 9.59 Å². The van der Waals surface area contributed by atoms with Crippen LogP contribution in [0.3, 0.4) is 0 Å². The molecule has 0 spiro atoms. The molecule has 2 heterocycles. The minimum absolute atomic E-state index is 0.00338. The summed E-state index contributed by atoms with van der Waals surface area (Å²) in [4.78, 5) is 33.1. The molecule has 2 N–H and O–H groups in total. The third kappa shape index (κ3) is 4.40. The van der Waals surface area contributed by atoms with E-state index in [4.69, 9.17) is 21.8 Å². The van der Waals surface area contributed by atoms with Gasteiger partial charge in [-0.05, 0) is 39.0 Å². The Kier molecular flexibility index (Phi) is 5.87. The SMILES string of the molecule is [C-]#[N+]CC(=O)N1C[C@H](Oc2ccnc3cc(C(N)=O)c(OC(C)C)cc23)C[C@H]1C. The number of primary amides is 1. The van der Waals surface area contributed by atoms with Gasteiger partial charge in [0.15, 0.2) is 0 Å². The fourth-order valence-corrected chi connectivity index (χ4v) is 3.55. The number of rotatable bonds is 6. The van der Waals surface area contributed by atoms with E-state index in [0.717, 1.165) is 0 Å². The maximum atomic E-state index is 12.1. The first-order valence-electron chi connectivity index (χ1n) is 9.48. The molecule has 152 valence electrons. The van der Waals surface area contributed by atoms with Crippen molar-refractivity contribution in [1.82, 2.24) is 9.88 Å². The highest BCUT2D eigenvalue weighted by Crippen LogP contribution is 2.33. The zero-order valence-electron chi connectivity index (χ0n) is 16.7. The zero-order valence-corrected chi connectivity index (χ0v) is 16.7. The topological polar surface area (TPSA) is 99.1 Å². The Morgan fingerprint density at radius 2 is 2.14 bits per heavy atom. The molecule has 0 unspecified atom stereocenters. The second-order valence-electron chi connectivity index (χ2n) is 7.39. The number of benzene rings is 1. The summed E-state index contributed by atoms with van der Waals surface area (Å²) in [7, 11) is 0. The highest BCUT2D eigenvalue weighted by molar-refractivity contribution is 6.01. The van der Waals surface area contributed by atoms with Crippen molar-refractivity contribution in [3.8, 4) is 11.5 Å². The number of amides is 2. The van der Waals surface area contributed by atoms with Crippen LogP contribution in [-0.4, -0.2) is 53.0 Å². The van der Waals surface area contributed by atoms with Crippen LogP contribution in [0.1, 0.15) is 37.6 Å². The van der Waals surface area contributed by atoms with Crippen molar-refractivity contribution in [2.45, 2.75) is 45.4 Å². The molecule has 2 atom stereocenters. The normalized spacial score (nSPS) is 18.7. The van der Waals surface area contributed by atoms with Crippen LogP contribution < -0.4 is 15.2 Å². The largest absolute Gasteiger partial charge is 0.490 e. The van der Waals surface area contributed by atoms with Crippen LogP contribution in [0.2, 0.25) is 0 Å². The summed E-state index contributed by atoms with van der Waals surface area (Å²) in [6.45, 7) is 12.8. The van der Waals surface area contributed by atoms with E-state index in [1.165, 1.54) is 0 Å². The molecule has 1 fully saturated rings. The first-order valence-corrected chi connectivity index (χ1v) is 9.48. The van der Waals surface area contributed by atoms with Crippen molar-refractivity contribution in [2.24, 2.45) is 5.73 Å². The lowest BCUT2D eigenvalue weighted by molar-refractivity contribution is -0.129. The van der Waals surface area contributed by atoms with E-state index < -0.39 is 5.91 Å². The molecule has 0 aliphatic carbocycles. The second-order valence-corrected chi connectivity index (χ2v) is 7.39. The quantitative estimate of drug-likeness (QED) is 0.756. The average Bonchev–Trinajstić information content (AvgIpc) is 3.01. The lowest BCUT2D eigenvalue weighted by atomic mass is 10.1. The number of hydrogen-bond donors (Lipinski definition) is 1. The molecule has 1 aromatic heterocycles. The van der Waals surface area contributed by atoms with Crippen LogP contribution in [0.4, 0.5) is 0 Å². The molecular weight excluding hydrogens is 372 g/mol. The number of aromatic nitrogens is 1. The predicted octanol–water partition coefficient (Wildman–Crippen LogP) is 2.41. The van der Waals surface area contributed by atoms with Crippen molar-refractivity contribution in [2.75, 3.05) is 13.1 Å². The second kappa shape index (κ2) is 8.35. The third-order valence-corrected chi connectivity index (χ3v) is 4.80. The van der Waals surface area contributed by atoms with Gasteiger partial charge < -0.3 is 25.0 Å². The summed E-state index contributed by atoms with van der Waals surface area (Å²) in [5.74, 6) is 0.203. The van der Waals surface area contributed by atoms with Crippen LogP contribution in [0.5, 0.6) is 11.5 Å². The molecule has 0 radical (unpaired) electrons. The molecule has 1 saturated heterocycles. The van der Waals surface area contributed by atoms with Gasteiger partial charge in [0.2, 0.25) is 0 Å². The number of carbonyl (C=O) groups excluding carboxylic acids is 2. The molecular formula is C21H24N4O4. The molecule has 1 aliphatic rings. The van der Waals surface area contributed by atoms with Gasteiger partial charge in [0.05, 0.1) is 23.7 Å². The summed E-state index contributed by atoms with van der Waals surface area (Å²) >= 11 is 0. The van der Waals surface area contributed by atoms with Gasteiger partial charge in [-0.15, -0.1) is 0 Å². The summed E-state index contributed by atoms with van der Waals surface area (Å²) in [6.07, 6.45) is 1.94. The number of ether oxygens (including phenoxy) is 2. The molecule has 3 rings (SSSR count). The van der Waals surface area contributed by atoms with E-state index in [2.05, 4.69) is 9.83 Å². The third-order valence-electron chi connectivity index (χ3n) is 4.80. The average molecular weight is 396 g/mol. The highest BCUT2D eigenvalue weighted by Gasteiger charge is 2.34. The van der Waals surface area contributed by atoms with Gasteiger partial charge in [-0.25, -0.2) is 6.57 Å². The van der Waals surface area contributed by atoms with Gasteiger partial charge in [-0.2, -0.15) is 0 Å². The Hall–Kier alpha value is -3.34. The Labute approximate surface area is 169 Å². The monoisotopic (exact) mass is 396 g/mol. The molecule has 1 aliphatic heterocycles. The predicted molar refractivity (Wildman–Crippen MR) is 108 cm³/mol. The van der Waals surface area contributed by atoms with Crippen molar-refractivity contribution in [3.63, 3.8) is 0 Å². The summed E-state index contributed by atoms with van der Waals surface area (Å²) in [6, 6.07) is 5.08. The minimum atomic E-state index is -0.589. The Balaban J connectivity index is 1.91. The number of nitrogens with two attached hydrogens (primary N) is 1. The first kappa shape index (κ1) is 20.4. The van der Waals surface area contributed by atoms with Crippen LogP contribution in [0, 0.1) is 6.57 Å². The molecule has 0 saturated carbocycles. The van der Waals surface area contributed by atoms with E-state index >= 15 is 0 Å². The number of fused-ring (bicyclic) bond motifs is 1. The zero-order chi connectivity index (χ0) is 21.1. The Bertz CT molecular complexity index is 983. The Morgan fingerprint density at radius 3 is 2.79 bits per heavy atom. The van der Waals surface area contributed by atoms with Crippen LogP contribution in [0.15, 0.2) is 24.4 Å². The maximum absolute atomic E-state index is 12.1. The van der Waals surface area contributed by atoms with E-state index in [-0.39, 0.29) is 36.3 Å². The van der Waals surface area contributed by atoms with Crippen LogP contribution in [-0.2, 0) is 4.79 Å². The van der Waals surface area contributed by atoms with Gasteiger partial charge in [0, 0.05) is 24.0 Å². The van der Waals surface area contributed by atoms with Gasteiger partial charge in [-0.3, -0.25) is 14.6 Å². The summed E-state index contributed by atoms with van der Waals surface area (Å²) < 4.78 is 12.0. The fourth-order valence-electron chi connectivity index (χ4n) is 3.55. The lowest BCUT2D eigenvalue weighted by Crippen LogP contribution is -2.36. The molecule has 1 aromatic carbocycles. The number of hydrogen-bond acceptors (Lipinski definition) is 5. The first-order chi connectivity index (χ1) is 13.8. The smallest absolute Gasteiger partial charge is 0.303 e. The van der Waals surface area contributed by atoms with E-state index in [1.807, 2.05) is 20.8 Å². The van der Waals surface area contributed by atoms with Crippen molar-refractivity contribution >= 4 is 22.7 Å². The number of nitrogens with zero attached hydrogens (tertiary/aromatic N) is 3. The van der Waals surface area contributed by atoms with Crippen molar-refractivity contribution in [1.29, 1.82) is 0 Å². The number of pyridine rings is 1. The molecule has 2 aromatic rings. The minimum Gasteiger partial charge on any atom is -0.490 e. The van der Waals surface area contributed by atoms with Crippen LogP contribution >= 0.6 is 0 Å². The summed E-state index contributed by atoms with van der Waals surface area (Å²) in [5, 5.41) is 0.701. The van der Waals surface area contributed by atoms with Gasteiger partial charge in [-0.1, -0.05) is 0 Å². The Morgan fingerprint density at radius 1 is 1.38 bits per heavy atom. The fraction of sp³-hybridized carbons (Fsp3) is 0.429. The molecule has 2 amide bonds. The number of likely N-dealkylation sites (tertiary alicyclic amines) is 1. The molecule has 29 heavy (non-hydrogen) atoms.